The Labute approximate surface area is 156 Å². The molecule has 146 valence electrons. The van der Waals surface area contributed by atoms with Crippen LogP contribution in [0, 0.1) is 0 Å². The van der Waals surface area contributed by atoms with Gasteiger partial charge in [-0.15, -0.1) is 0 Å². The van der Waals surface area contributed by atoms with E-state index in [1.807, 2.05) is 0 Å². The molecule has 0 aliphatic carbocycles. The summed E-state index contributed by atoms with van der Waals surface area (Å²) < 4.78 is 78.6. The van der Waals surface area contributed by atoms with Crippen molar-refractivity contribution in [2.45, 2.75) is 19.3 Å². The molecule has 0 bridgehead atoms. The van der Waals surface area contributed by atoms with Crippen molar-refractivity contribution >= 4 is 11.3 Å². The predicted molar refractivity (Wildman–Crippen MR) is 93.0 cm³/mol. The Balaban J connectivity index is 2.13. The molecule has 0 saturated heterocycles. The number of benzene rings is 2. The lowest BCUT2D eigenvalue weighted by molar-refractivity contribution is -0.138. The molecule has 3 rings (SSSR count). The first-order valence-corrected chi connectivity index (χ1v) is 8.13. The second-order valence-corrected chi connectivity index (χ2v) is 6.06. The van der Waals surface area contributed by atoms with Gasteiger partial charge in [0.2, 0.25) is 0 Å². The minimum absolute atomic E-state index is 0.431. The van der Waals surface area contributed by atoms with Crippen LogP contribution in [0.3, 0.4) is 0 Å². The van der Waals surface area contributed by atoms with Gasteiger partial charge < -0.3 is 0 Å². The molecule has 1 aromatic heterocycles. The Morgan fingerprint density at radius 1 is 0.750 bits per heavy atom. The van der Waals surface area contributed by atoms with Crippen molar-refractivity contribution < 1.29 is 26.3 Å². The van der Waals surface area contributed by atoms with Crippen LogP contribution in [0.25, 0.3) is 11.3 Å². The molecule has 0 aliphatic heterocycles. The molecule has 0 spiro atoms. The van der Waals surface area contributed by atoms with Crippen LogP contribution in [0.4, 0.5) is 26.3 Å². The van der Waals surface area contributed by atoms with Gasteiger partial charge in [0.25, 0.3) is 0 Å². The van der Waals surface area contributed by atoms with Crippen LogP contribution in [-0.4, -0.2) is 9.78 Å². The van der Waals surface area contributed by atoms with Crippen LogP contribution < -0.4 is 0 Å². The quantitative estimate of drug-likeness (QED) is 0.471. The summed E-state index contributed by atoms with van der Waals surface area (Å²) in [6.45, 7) is 1.69. The number of aromatic nitrogens is 2. The Morgan fingerprint density at radius 2 is 1.18 bits per heavy atom. The molecule has 0 radical (unpaired) electrons. The Hall–Kier alpha value is -3.03. The number of hydrogen-bond acceptors (Lipinski definition) is 1. The third-order valence-corrected chi connectivity index (χ3v) is 4.21. The van der Waals surface area contributed by atoms with Crippen LogP contribution >= 0.6 is 0 Å². The van der Waals surface area contributed by atoms with Gasteiger partial charge in [-0.25, -0.2) is 4.68 Å². The lowest BCUT2D eigenvalue weighted by Gasteiger charge is -2.16. The van der Waals surface area contributed by atoms with Crippen molar-refractivity contribution in [3.8, 4) is 0 Å². The first kappa shape index (κ1) is 19.7. The number of allylic oxidation sites excluding steroid dienone is 1. The number of alkyl halides is 6. The topological polar surface area (TPSA) is 17.8 Å². The Bertz CT molecular complexity index is 904. The van der Waals surface area contributed by atoms with Gasteiger partial charge in [0.1, 0.15) is 0 Å². The van der Waals surface area contributed by atoms with E-state index in [1.54, 1.807) is 19.2 Å². The van der Waals surface area contributed by atoms with Gasteiger partial charge in [-0.1, -0.05) is 24.3 Å². The summed E-state index contributed by atoms with van der Waals surface area (Å²) in [4.78, 5) is 0. The van der Waals surface area contributed by atoms with Gasteiger partial charge in [0.05, 0.1) is 11.1 Å². The number of halogens is 6. The summed E-state index contributed by atoms with van der Waals surface area (Å²) in [6, 6.07) is 10.6. The SMILES string of the molecule is CC(=C(c1ccc(C(F)(F)F)cc1)c1ccc(C(F)(F)F)cc1)n1cccn1. The molecule has 0 unspecified atom stereocenters. The molecule has 2 nitrogen and oxygen atoms in total. The monoisotopic (exact) mass is 396 g/mol. The average molecular weight is 396 g/mol. The molecule has 3 aromatic rings. The normalized spacial score (nSPS) is 12.1. The van der Waals surface area contributed by atoms with Crippen molar-refractivity contribution in [1.29, 1.82) is 0 Å². The number of hydrogen-bond donors (Lipinski definition) is 0. The van der Waals surface area contributed by atoms with Crippen molar-refractivity contribution in [3.63, 3.8) is 0 Å². The van der Waals surface area contributed by atoms with Crippen molar-refractivity contribution in [3.05, 3.63) is 89.2 Å². The minimum Gasteiger partial charge on any atom is -0.245 e. The van der Waals surface area contributed by atoms with E-state index < -0.39 is 23.5 Å². The fraction of sp³-hybridized carbons (Fsp3) is 0.150. The highest BCUT2D eigenvalue weighted by Gasteiger charge is 2.31. The van der Waals surface area contributed by atoms with E-state index in [2.05, 4.69) is 5.10 Å². The maximum Gasteiger partial charge on any atom is 0.416 e. The zero-order valence-corrected chi connectivity index (χ0v) is 14.5. The van der Waals surface area contributed by atoms with E-state index in [0.29, 0.717) is 22.4 Å². The van der Waals surface area contributed by atoms with E-state index in [1.165, 1.54) is 35.1 Å². The smallest absolute Gasteiger partial charge is 0.245 e. The number of rotatable bonds is 3. The molecule has 0 atom stereocenters. The first-order chi connectivity index (χ1) is 13.1. The van der Waals surface area contributed by atoms with Crippen LogP contribution in [0.5, 0.6) is 0 Å². The highest BCUT2D eigenvalue weighted by Crippen LogP contribution is 2.35. The van der Waals surface area contributed by atoms with Crippen LogP contribution in [-0.2, 0) is 12.4 Å². The van der Waals surface area contributed by atoms with Crippen LogP contribution in [0.15, 0.2) is 67.0 Å². The second-order valence-electron chi connectivity index (χ2n) is 6.06. The summed E-state index contributed by atoms with van der Waals surface area (Å²) in [5.74, 6) is 0. The molecule has 0 saturated carbocycles. The van der Waals surface area contributed by atoms with Crippen molar-refractivity contribution in [2.75, 3.05) is 0 Å². The van der Waals surface area contributed by atoms with E-state index in [4.69, 9.17) is 0 Å². The standard InChI is InChI=1S/C20H14F6N2/c1-13(28-12-2-11-27-28)18(14-3-7-16(8-4-14)19(21,22)23)15-5-9-17(10-6-15)20(24,25)26/h2-12H,1H3. The maximum atomic E-state index is 12.8. The fourth-order valence-electron chi connectivity index (χ4n) is 2.82. The maximum absolute atomic E-state index is 12.8. The molecule has 28 heavy (non-hydrogen) atoms. The van der Waals surface area contributed by atoms with E-state index in [0.717, 1.165) is 24.3 Å². The molecular weight excluding hydrogens is 382 g/mol. The zero-order chi connectivity index (χ0) is 20.5. The molecular formula is C20H14F6N2. The molecule has 8 heteroatoms. The van der Waals surface area contributed by atoms with Gasteiger partial charge in [0, 0.05) is 23.7 Å². The van der Waals surface area contributed by atoms with Gasteiger partial charge in [0.15, 0.2) is 0 Å². The van der Waals surface area contributed by atoms with E-state index >= 15 is 0 Å². The molecule has 0 amide bonds. The third kappa shape index (κ3) is 4.11. The highest BCUT2D eigenvalue weighted by molar-refractivity contribution is 5.92. The minimum atomic E-state index is -4.48. The van der Waals surface area contributed by atoms with Crippen molar-refractivity contribution in [1.82, 2.24) is 9.78 Å². The summed E-state index contributed by atoms with van der Waals surface area (Å²) in [5, 5.41) is 4.10. The van der Waals surface area contributed by atoms with Gasteiger partial charge in [-0.05, 0) is 48.4 Å². The number of nitrogens with zero attached hydrogens (tertiary/aromatic N) is 2. The molecule has 0 aliphatic rings. The summed E-state index contributed by atoms with van der Waals surface area (Å²) >= 11 is 0. The van der Waals surface area contributed by atoms with E-state index in [9.17, 15) is 26.3 Å². The fourth-order valence-corrected chi connectivity index (χ4v) is 2.82. The molecule has 0 N–H and O–H groups in total. The van der Waals surface area contributed by atoms with E-state index in [-0.39, 0.29) is 0 Å². The van der Waals surface area contributed by atoms with Gasteiger partial charge in [-0.2, -0.15) is 31.4 Å². The molecule has 1 heterocycles. The highest BCUT2D eigenvalue weighted by atomic mass is 19.4. The lowest BCUT2D eigenvalue weighted by atomic mass is 9.94. The predicted octanol–water partition coefficient (Wildman–Crippen LogP) is 6.36. The van der Waals surface area contributed by atoms with Crippen molar-refractivity contribution in [2.24, 2.45) is 0 Å². The van der Waals surface area contributed by atoms with Crippen LogP contribution in [0.2, 0.25) is 0 Å². The third-order valence-electron chi connectivity index (χ3n) is 4.21. The zero-order valence-electron chi connectivity index (χ0n) is 14.5. The van der Waals surface area contributed by atoms with Crippen LogP contribution in [0.1, 0.15) is 29.2 Å². The Morgan fingerprint density at radius 3 is 1.50 bits per heavy atom. The summed E-state index contributed by atoms with van der Waals surface area (Å²) in [5.41, 5.74) is 0.289. The summed E-state index contributed by atoms with van der Waals surface area (Å²) in [6.07, 6.45) is -5.79. The lowest BCUT2D eigenvalue weighted by Crippen LogP contribution is -2.06. The second kappa shape index (κ2) is 7.18. The molecule has 2 aromatic carbocycles. The van der Waals surface area contributed by atoms with Gasteiger partial charge >= 0.3 is 12.4 Å². The summed E-state index contributed by atoms with van der Waals surface area (Å²) in [7, 11) is 0. The van der Waals surface area contributed by atoms with Gasteiger partial charge in [-0.3, -0.25) is 0 Å². The average Bonchev–Trinajstić information content (AvgIpc) is 3.16. The first-order valence-electron chi connectivity index (χ1n) is 8.13. The Kier molecular flexibility index (Phi) is 5.06. The molecule has 0 fully saturated rings. The largest absolute Gasteiger partial charge is 0.416 e.